The lowest BCUT2D eigenvalue weighted by atomic mass is 10.2. The number of ether oxygens (including phenoxy) is 1. The largest absolute Gasteiger partial charge is 0.472 e. The molecule has 4 heteroatoms. The zero-order valence-electron chi connectivity index (χ0n) is 8.60. The van der Waals surface area contributed by atoms with Gasteiger partial charge in [-0.15, -0.1) is 5.10 Å². The Morgan fingerprint density at radius 2 is 2.40 bits per heavy atom. The number of hydrogen-bond acceptors (Lipinski definition) is 3. The summed E-state index contributed by atoms with van der Waals surface area (Å²) >= 11 is 0. The zero-order valence-corrected chi connectivity index (χ0v) is 8.60. The van der Waals surface area contributed by atoms with Crippen molar-refractivity contribution in [2.75, 3.05) is 12.3 Å². The maximum atomic E-state index is 5.72. The molecule has 0 radical (unpaired) electrons. The fraction of sp³-hybridized carbons (Fsp3) is 0.182. The first kappa shape index (κ1) is 9.58. The van der Waals surface area contributed by atoms with E-state index in [0.717, 1.165) is 10.9 Å². The van der Waals surface area contributed by atoms with Gasteiger partial charge < -0.3 is 10.5 Å². The smallest absolute Gasteiger partial charge is 0.241 e. The fourth-order valence-corrected chi connectivity index (χ4v) is 1.50. The Morgan fingerprint density at radius 3 is 3.13 bits per heavy atom. The van der Waals surface area contributed by atoms with Crippen LogP contribution in [-0.2, 0) is 7.05 Å². The van der Waals surface area contributed by atoms with Crippen LogP contribution in [0, 0.1) is 0 Å². The molecule has 1 aromatic carbocycles. The van der Waals surface area contributed by atoms with Gasteiger partial charge in [0.05, 0.1) is 10.9 Å². The molecule has 1 heterocycles. The van der Waals surface area contributed by atoms with Crippen molar-refractivity contribution in [3.63, 3.8) is 0 Å². The molecule has 2 N–H and O–H groups in total. The normalized spacial score (nSPS) is 10.5. The van der Waals surface area contributed by atoms with Gasteiger partial charge in [-0.1, -0.05) is 12.7 Å². The van der Waals surface area contributed by atoms with Crippen LogP contribution in [0.5, 0.6) is 5.88 Å². The Bertz CT molecular complexity index is 502. The minimum absolute atomic E-state index is 0.445. The van der Waals surface area contributed by atoms with Gasteiger partial charge in [-0.05, 0) is 18.2 Å². The second-order valence-electron chi connectivity index (χ2n) is 3.31. The van der Waals surface area contributed by atoms with Crippen molar-refractivity contribution in [3.8, 4) is 5.88 Å². The van der Waals surface area contributed by atoms with Gasteiger partial charge in [0.1, 0.15) is 6.61 Å². The van der Waals surface area contributed by atoms with Crippen molar-refractivity contribution < 1.29 is 4.74 Å². The summed E-state index contributed by atoms with van der Waals surface area (Å²) in [5, 5.41) is 5.19. The quantitative estimate of drug-likeness (QED) is 0.610. The molecule has 2 aromatic rings. The first-order valence-corrected chi connectivity index (χ1v) is 4.68. The van der Waals surface area contributed by atoms with Gasteiger partial charge >= 0.3 is 0 Å². The lowest BCUT2D eigenvalue weighted by molar-refractivity contribution is 0.348. The molecule has 4 nitrogen and oxygen atoms in total. The van der Waals surface area contributed by atoms with E-state index in [4.69, 9.17) is 10.5 Å². The number of aromatic nitrogens is 2. The van der Waals surface area contributed by atoms with E-state index in [0.29, 0.717) is 18.2 Å². The van der Waals surface area contributed by atoms with Gasteiger partial charge in [0.2, 0.25) is 5.88 Å². The molecule has 1 aromatic heterocycles. The standard InChI is InChI=1S/C11H13N3O/c1-3-6-15-11-9-7-8(12)4-5-10(9)14(2)13-11/h3-5,7H,1,6,12H2,2H3. The summed E-state index contributed by atoms with van der Waals surface area (Å²) in [6.45, 7) is 4.04. The summed E-state index contributed by atoms with van der Waals surface area (Å²) < 4.78 is 7.21. The summed E-state index contributed by atoms with van der Waals surface area (Å²) in [5.41, 5.74) is 7.43. The number of rotatable bonds is 3. The number of nitrogen functional groups attached to an aromatic ring is 1. The Labute approximate surface area is 87.9 Å². The van der Waals surface area contributed by atoms with Crippen molar-refractivity contribution in [3.05, 3.63) is 30.9 Å². The Morgan fingerprint density at radius 1 is 1.60 bits per heavy atom. The maximum Gasteiger partial charge on any atom is 0.241 e. The lowest BCUT2D eigenvalue weighted by Crippen LogP contribution is -1.95. The van der Waals surface area contributed by atoms with Gasteiger partial charge in [0.15, 0.2) is 0 Å². The Kier molecular flexibility index (Phi) is 2.33. The third-order valence-electron chi connectivity index (χ3n) is 2.18. The van der Waals surface area contributed by atoms with E-state index in [2.05, 4.69) is 11.7 Å². The predicted octanol–water partition coefficient (Wildman–Crippen LogP) is 1.72. The van der Waals surface area contributed by atoms with Crippen molar-refractivity contribution in [1.29, 1.82) is 0 Å². The Hall–Kier alpha value is -1.97. The van der Waals surface area contributed by atoms with E-state index >= 15 is 0 Å². The number of fused-ring (bicyclic) bond motifs is 1. The van der Waals surface area contributed by atoms with E-state index in [1.807, 2.05) is 25.2 Å². The van der Waals surface area contributed by atoms with E-state index in [1.54, 1.807) is 10.8 Å². The van der Waals surface area contributed by atoms with Crippen molar-refractivity contribution in [2.24, 2.45) is 7.05 Å². The van der Waals surface area contributed by atoms with Crippen LogP contribution >= 0.6 is 0 Å². The topological polar surface area (TPSA) is 53.1 Å². The molecule has 2 rings (SSSR count). The molecular formula is C11H13N3O. The number of benzene rings is 1. The van der Waals surface area contributed by atoms with Crippen molar-refractivity contribution in [2.45, 2.75) is 0 Å². The number of nitrogens with zero attached hydrogens (tertiary/aromatic N) is 2. The highest BCUT2D eigenvalue weighted by atomic mass is 16.5. The second-order valence-corrected chi connectivity index (χ2v) is 3.31. The molecule has 0 bridgehead atoms. The van der Waals surface area contributed by atoms with E-state index < -0.39 is 0 Å². The summed E-state index contributed by atoms with van der Waals surface area (Å²) in [6.07, 6.45) is 1.69. The number of nitrogens with two attached hydrogens (primary N) is 1. The maximum absolute atomic E-state index is 5.72. The first-order valence-electron chi connectivity index (χ1n) is 4.68. The van der Waals surface area contributed by atoms with Gasteiger partial charge in [-0.3, -0.25) is 4.68 Å². The molecule has 0 saturated carbocycles. The Balaban J connectivity index is 2.54. The molecule has 0 saturated heterocycles. The van der Waals surface area contributed by atoms with Crippen LogP contribution in [0.3, 0.4) is 0 Å². The molecule has 15 heavy (non-hydrogen) atoms. The van der Waals surface area contributed by atoms with Gasteiger partial charge in [-0.2, -0.15) is 0 Å². The molecular weight excluding hydrogens is 190 g/mol. The summed E-state index contributed by atoms with van der Waals surface area (Å²) in [5.74, 6) is 0.597. The van der Waals surface area contributed by atoms with Gasteiger partial charge in [0, 0.05) is 12.7 Å². The summed E-state index contributed by atoms with van der Waals surface area (Å²) in [7, 11) is 1.87. The molecule has 0 aliphatic rings. The van der Waals surface area contributed by atoms with Gasteiger partial charge in [-0.25, -0.2) is 0 Å². The van der Waals surface area contributed by atoms with Crippen LogP contribution in [0.4, 0.5) is 5.69 Å². The van der Waals surface area contributed by atoms with Gasteiger partial charge in [0.25, 0.3) is 0 Å². The minimum atomic E-state index is 0.445. The lowest BCUT2D eigenvalue weighted by Gasteiger charge is -1.98. The van der Waals surface area contributed by atoms with Crippen LogP contribution in [-0.4, -0.2) is 16.4 Å². The predicted molar refractivity (Wildman–Crippen MR) is 60.8 cm³/mol. The van der Waals surface area contributed by atoms with Crippen molar-refractivity contribution >= 4 is 16.6 Å². The highest BCUT2D eigenvalue weighted by Gasteiger charge is 2.08. The van der Waals surface area contributed by atoms with Crippen LogP contribution in [0.2, 0.25) is 0 Å². The SMILES string of the molecule is C=CCOc1nn(C)c2ccc(N)cc12. The highest BCUT2D eigenvalue weighted by molar-refractivity contribution is 5.87. The first-order chi connectivity index (χ1) is 7.22. The molecule has 0 aliphatic heterocycles. The molecule has 0 atom stereocenters. The summed E-state index contributed by atoms with van der Waals surface area (Å²) in [4.78, 5) is 0. The minimum Gasteiger partial charge on any atom is -0.472 e. The van der Waals surface area contributed by atoms with E-state index in [-0.39, 0.29) is 0 Å². The zero-order chi connectivity index (χ0) is 10.8. The van der Waals surface area contributed by atoms with E-state index in [9.17, 15) is 0 Å². The average molecular weight is 203 g/mol. The molecule has 0 aliphatic carbocycles. The fourth-order valence-electron chi connectivity index (χ4n) is 1.50. The summed E-state index contributed by atoms with van der Waals surface area (Å²) in [6, 6.07) is 5.64. The number of aryl methyl sites for hydroxylation is 1. The van der Waals surface area contributed by atoms with Crippen LogP contribution in [0.25, 0.3) is 10.9 Å². The van der Waals surface area contributed by atoms with Crippen LogP contribution in [0.1, 0.15) is 0 Å². The van der Waals surface area contributed by atoms with Crippen LogP contribution < -0.4 is 10.5 Å². The molecule has 0 unspecified atom stereocenters. The molecule has 78 valence electrons. The third kappa shape index (κ3) is 1.66. The van der Waals surface area contributed by atoms with Crippen molar-refractivity contribution in [1.82, 2.24) is 9.78 Å². The average Bonchev–Trinajstić information content (AvgIpc) is 2.52. The number of anilines is 1. The van der Waals surface area contributed by atoms with Crippen LogP contribution in [0.15, 0.2) is 30.9 Å². The highest BCUT2D eigenvalue weighted by Crippen LogP contribution is 2.26. The molecule has 0 amide bonds. The van der Waals surface area contributed by atoms with E-state index in [1.165, 1.54) is 0 Å². The molecule has 0 fully saturated rings. The monoisotopic (exact) mass is 203 g/mol. The third-order valence-corrected chi connectivity index (χ3v) is 2.18. The molecule has 0 spiro atoms. The second kappa shape index (κ2) is 3.65. The number of hydrogen-bond donors (Lipinski definition) is 1.